The van der Waals surface area contributed by atoms with Crippen molar-refractivity contribution >= 4 is 22.6 Å². The highest BCUT2D eigenvalue weighted by molar-refractivity contribution is 5.82. The molecule has 0 radical (unpaired) electrons. The summed E-state index contributed by atoms with van der Waals surface area (Å²) in [6.45, 7) is 3.86. The summed E-state index contributed by atoms with van der Waals surface area (Å²) in [6, 6.07) is 19.3. The van der Waals surface area contributed by atoms with Gasteiger partial charge in [-0.1, -0.05) is 18.2 Å². The van der Waals surface area contributed by atoms with Crippen LogP contribution >= 0.6 is 0 Å². The number of aromatic amines is 1. The van der Waals surface area contributed by atoms with Crippen LogP contribution in [-0.4, -0.2) is 85.1 Å². The van der Waals surface area contributed by atoms with E-state index in [1.54, 1.807) is 29.9 Å². The molecule has 0 bridgehead atoms. The smallest absolute Gasteiger partial charge is 0.331 e. The first-order valence-corrected chi connectivity index (χ1v) is 13.7. The van der Waals surface area contributed by atoms with Gasteiger partial charge in [-0.15, -0.1) is 0 Å². The Morgan fingerprint density at radius 3 is 2.17 bits per heavy atom. The third kappa shape index (κ3) is 6.21. The fourth-order valence-corrected chi connectivity index (χ4v) is 5.04. The van der Waals surface area contributed by atoms with Gasteiger partial charge in [0.15, 0.2) is 6.61 Å². The van der Waals surface area contributed by atoms with Gasteiger partial charge in [0, 0.05) is 51.8 Å². The zero-order valence-corrected chi connectivity index (χ0v) is 23.4. The lowest BCUT2D eigenvalue weighted by Crippen LogP contribution is -2.50. The molecule has 41 heavy (non-hydrogen) atoms. The number of H-pyrrole nitrogens is 1. The number of carbonyl (C=O) groups is 1. The van der Waals surface area contributed by atoms with E-state index in [0.717, 1.165) is 18.7 Å². The Morgan fingerprint density at radius 2 is 1.51 bits per heavy atom. The quantitative estimate of drug-likeness (QED) is 0.299. The molecule has 2 aromatic heterocycles. The molecule has 0 saturated carbocycles. The van der Waals surface area contributed by atoms with E-state index in [1.807, 2.05) is 35.2 Å². The number of aromatic nitrogens is 3. The van der Waals surface area contributed by atoms with Gasteiger partial charge >= 0.3 is 5.69 Å². The minimum absolute atomic E-state index is 0.0378. The SMILES string of the molecule is COCCn1c(=O)c2[nH]c(-c3ccc(OCC(=O)N4CCN(c5ccccc5)CC4)cc3)cc2n(CCOC)c1=O. The van der Waals surface area contributed by atoms with E-state index in [4.69, 9.17) is 14.2 Å². The molecular formula is C30H35N5O6. The van der Waals surface area contributed by atoms with Crippen LogP contribution in [0.25, 0.3) is 22.3 Å². The lowest BCUT2D eigenvalue weighted by atomic mass is 10.1. The number of fused-ring (bicyclic) bond motifs is 1. The Balaban J connectivity index is 1.25. The molecule has 216 valence electrons. The van der Waals surface area contributed by atoms with Crippen molar-refractivity contribution in [3.63, 3.8) is 0 Å². The number of hydrogen-bond donors (Lipinski definition) is 1. The fourth-order valence-electron chi connectivity index (χ4n) is 5.04. The number of methoxy groups -OCH3 is 2. The lowest BCUT2D eigenvalue weighted by Gasteiger charge is -2.36. The molecular weight excluding hydrogens is 526 g/mol. The van der Waals surface area contributed by atoms with Crippen LogP contribution < -0.4 is 20.9 Å². The lowest BCUT2D eigenvalue weighted by molar-refractivity contribution is -0.133. The highest BCUT2D eigenvalue weighted by Gasteiger charge is 2.22. The summed E-state index contributed by atoms with van der Waals surface area (Å²) in [5.41, 5.74) is 2.71. The molecule has 3 heterocycles. The van der Waals surface area contributed by atoms with Crippen molar-refractivity contribution in [2.75, 3.05) is 65.1 Å². The van der Waals surface area contributed by atoms with Crippen LogP contribution in [0.1, 0.15) is 0 Å². The zero-order valence-electron chi connectivity index (χ0n) is 23.4. The Bertz CT molecular complexity index is 1580. The molecule has 1 aliphatic rings. The molecule has 11 heteroatoms. The van der Waals surface area contributed by atoms with Crippen LogP contribution in [0.4, 0.5) is 5.69 Å². The van der Waals surface area contributed by atoms with E-state index in [0.29, 0.717) is 48.7 Å². The monoisotopic (exact) mass is 561 g/mol. The van der Waals surface area contributed by atoms with Crippen LogP contribution in [0.2, 0.25) is 0 Å². The maximum atomic E-state index is 13.1. The average Bonchev–Trinajstić information content (AvgIpc) is 3.46. The number of nitrogens with zero attached hydrogens (tertiary/aromatic N) is 4. The molecule has 0 aliphatic carbocycles. The molecule has 0 atom stereocenters. The molecule has 2 aromatic carbocycles. The van der Waals surface area contributed by atoms with Gasteiger partial charge in [-0.2, -0.15) is 0 Å². The molecule has 1 fully saturated rings. The van der Waals surface area contributed by atoms with Crippen molar-refractivity contribution in [2.45, 2.75) is 13.1 Å². The largest absolute Gasteiger partial charge is 0.484 e. The summed E-state index contributed by atoms with van der Waals surface area (Å²) in [4.78, 5) is 46.3. The van der Waals surface area contributed by atoms with E-state index in [2.05, 4.69) is 22.0 Å². The first-order chi connectivity index (χ1) is 20.0. The van der Waals surface area contributed by atoms with Crippen molar-refractivity contribution in [3.05, 3.63) is 81.5 Å². The second kappa shape index (κ2) is 12.9. The number of para-hydroxylation sites is 1. The van der Waals surface area contributed by atoms with Gasteiger partial charge < -0.3 is 29.0 Å². The maximum Gasteiger partial charge on any atom is 0.331 e. The van der Waals surface area contributed by atoms with Gasteiger partial charge in [-0.25, -0.2) is 4.79 Å². The normalized spacial score (nSPS) is 13.6. The predicted octanol–water partition coefficient (Wildman–Crippen LogP) is 2.18. The summed E-state index contributed by atoms with van der Waals surface area (Å²) in [7, 11) is 3.09. The average molecular weight is 562 g/mol. The van der Waals surface area contributed by atoms with Crippen molar-refractivity contribution < 1.29 is 19.0 Å². The van der Waals surface area contributed by atoms with Gasteiger partial charge in [0.05, 0.1) is 31.8 Å². The molecule has 1 amide bonds. The van der Waals surface area contributed by atoms with Gasteiger partial charge in [0.1, 0.15) is 11.3 Å². The number of benzene rings is 2. The number of hydrogen-bond acceptors (Lipinski definition) is 7. The van der Waals surface area contributed by atoms with Crippen LogP contribution in [0, 0.1) is 0 Å². The van der Waals surface area contributed by atoms with Crippen molar-refractivity contribution in [1.29, 1.82) is 0 Å². The number of piperazine rings is 1. The van der Waals surface area contributed by atoms with Gasteiger partial charge in [-0.05, 0) is 48.0 Å². The zero-order chi connectivity index (χ0) is 28.8. The maximum absolute atomic E-state index is 13.1. The third-order valence-corrected chi connectivity index (χ3v) is 7.33. The number of anilines is 1. The van der Waals surface area contributed by atoms with Crippen LogP contribution in [0.5, 0.6) is 5.75 Å². The topological polar surface area (TPSA) is 111 Å². The Hall–Kier alpha value is -4.35. The Morgan fingerprint density at radius 1 is 0.854 bits per heavy atom. The van der Waals surface area contributed by atoms with E-state index in [9.17, 15) is 14.4 Å². The summed E-state index contributed by atoms with van der Waals surface area (Å²) in [5, 5.41) is 0. The van der Waals surface area contributed by atoms with Gasteiger partial charge in [0.2, 0.25) is 0 Å². The van der Waals surface area contributed by atoms with Crippen LogP contribution in [-0.2, 0) is 27.4 Å². The summed E-state index contributed by atoms with van der Waals surface area (Å²) < 4.78 is 18.8. The van der Waals surface area contributed by atoms with Crippen LogP contribution in [0.3, 0.4) is 0 Å². The van der Waals surface area contributed by atoms with E-state index in [-0.39, 0.29) is 25.7 Å². The molecule has 0 spiro atoms. The van der Waals surface area contributed by atoms with Crippen molar-refractivity contribution in [1.82, 2.24) is 19.0 Å². The predicted molar refractivity (Wildman–Crippen MR) is 157 cm³/mol. The van der Waals surface area contributed by atoms with Crippen molar-refractivity contribution in [3.8, 4) is 17.0 Å². The fraction of sp³-hybridized carbons (Fsp3) is 0.367. The number of ether oxygens (including phenoxy) is 3. The Kier molecular flexibility index (Phi) is 8.85. The number of amides is 1. The molecule has 11 nitrogen and oxygen atoms in total. The molecule has 1 N–H and O–H groups in total. The van der Waals surface area contributed by atoms with Crippen LogP contribution in [0.15, 0.2) is 70.3 Å². The summed E-state index contributed by atoms with van der Waals surface area (Å²) in [5.74, 6) is 0.524. The van der Waals surface area contributed by atoms with E-state index < -0.39 is 11.2 Å². The highest BCUT2D eigenvalue weighted by atomic mass is 16.5. The number of carbonyl (C=O) groups excluding carboxylic acids is 1. The summed E-state index contributed by atoms with van der Waals surface area (Å²) >= 11 is 0. The first kappa shape index (κ1) is 28.2. The number of nitrogens with one attached hydrogen (secondary N) is 1. The third-order valence-electron chi connectivity index (χ3n) is 7.33. The second-order valence-corrected chi connectivity index (χ2v) is 9.84. The minimum atomic E-state index is -0.406. The highest BCUT2D eigenvalue weighted by Crippen LogP contribution is 2.25. The second-order valence-electron chi connectivity index (χ2n) is 9.84. The molecule has 1 aliphatic heterocycles. The first-order valence-electron chi connectivity index (χ1n) is 13.7. The van der Waals surface area contributed by atoms with Crippen molar-refractivity contribution in [2.24, 2.45) is 0 Å². The molecule has 0 unspecified atom stereocenters. The molecule has 5 rings (SSSR count). The minimum Gasteiger partial charge on any atom is -0.484 e. The summed E-state index contributed by atoms with van der Waals surface area (Å²) in [6.07, 6.45) is 0. The Labute approximate surface area is 237 Å². The number of rotatable bonds is 11. The standard InChI is InChI=1S/C30H35N5O6/c1-39-18-16-34-26-20-25(31-28(26)29(37)35(30(34)38)17-19-40-2)22-8-10-24(11-9-22)41-21-27(36)33-14-12-32(13-15-33)23-6-4-3-5-7-23/h3-11,20,31H,12-19,21H2,1-2H3. The van der Waals surface area contributed by atoms with Gasteiger partial charge in [-0.3, -0.25) is 18.7 Å². The molecule has 1 saturated heterocycles. The van der Waals surface area contributed by atoms with Gasteiger partial charge in [0.25, 0.3) is 11.5 Å². The van der Waals surface area contributed by atoms with E-state index in [1.165, 1.54) is 17.4 Å². The van der Waals surface area contributed by atoms with E-state index >= 15 is 0 Å². The molecule has 4 aromatic rings.